The van der Waals surface area contributed by atoms with Crippen molar-refractivity contribution in [1.82, 2.24) is 10.2 Å². The van der Waals surface area contributed by atoms with Crippen molar-refractivity contribution in [2.75, 3.05) is 24.6 Å². The summed E-state index contributed by atoms with van der Waals surface area (Å²) < 4.78 is 0. The number of hydrogen-bond acceptors (Lipinski definition) is 3. The molecule has 1 fully saturated rings. The first-order chi connectivity index (χ1) is 8.43. The molecular formula is C15H32N2S. The van der Waals surface area contributed by atoms with Gasteiger partial charge in [-0.05, 0) is 31.9 Å². The second-order valence-corrected chi connectivity index (χ2v) is 7.61. The second kappa shape index (κ2) is 7.16. The molecule has 1 N–H and O–H groups in total. The van der Waals surface area contributed by atoms with E-state index in [1.54, 1.807) is 0 Å². The van der Waals surface area contributed by atoms with E-state index in [1.807, 2.05) is 0 Å². The summed E-state index contributed by atoms with van der Waals surface area (Å²) in [6.45, 7) is 16.4. The lowest BCUT2D eigenvalue weighted by molar-refractivity contribution is 0.0373. The molecule has 0 aromatic rings. The molecule has 18 heavy (non-hydrogen) atoms. The zero-order valence-corrected chi connectivity index (χ0v) is 13.9. The minimum atomic E-state index is 0.302. The van der Waals surface area contributed by atoms with E-state index in [0.717, 1.165) is 12.5 Å². The molecule has 3 heteroatoms. The minimum Gasteiger partial charge on any atom is -0.309 e. The Labute approximate surface area is 118 Å². The van der Waals surface area contributed by atoms with Crippen molar-refractivity contribution in [2.24, 2.45) is 5.92 Å². The molecule has 0 bridgehead atoms. The van der Waals surface area contributed by atoms with Gasteiger partial charge in [0.1, 0.15) is 0 Å². The predicted molar refractivity (Wildman–Crippen MR) is 84.5 cm³/mol. The van der Waals surface area contributed by atoms with Crippen LogP contribution in [0.4, 0.5) is 0 Å². The standard InChI is InChI=1S/C15H32N2S/c1-7-15(6)11-17(13(5)10-18-8-2)14(9-16-15)12(3)4/h12-14,16H,7-11H2,1-6H3. The molecule has 0 radical (unpaired) electrons. The normalized spacial score (nSPS) is 31.8. The maximum atomic E-state index is 3.77. The molecule has 3 unspecified atom stereocenters. The van der Waals surface area contributed by atoms with Crippen LogP contribution in [0.15, 0.2) is 0 Å². The van der Waals surface area contributed by atoms with Crippen LogP contribution in [-0.4, -0.2) is 47.1 Å². The maximum absolute atomic E-state index is 3.77. The second-order valence-electron chi connectivity index (χ2n) is 6.29. The third-order valence-corrected chi connectivity index (χ3v) is 5.50. The van der Waals surface area contributed by atoms with Crippen molar-refractivity contribution in [3.05, 3.63) is 0 Å². The Kier molecular flexibility index (Phi) is 6.49. The van der Waals surface area contributed by atoms with Crippen molar-refractivity contribution < 1.29 is 0 Å². The molecule has 1 rings (SSSR count). The van der Waals surface area contributed by atoms with Gasteiger partial charge < -0.3 is 5.32 Å². The van der Waals surface area contributed by atoms with E-state index in [-0.39, 0.29) is 0 Å². The SMILES string of the molecule is CCSCC(C)N1CC(C)(CC)NCC1C(C)C. The highest BCUT2D eigenvalue weighted by Gasteiger charge is 2.37. The molecule has 0 amide bonds. The molecule has 0 aromatic heterocycles. The van der Waals surface area contributed by atoms with Gasteiger partial charge in [0.2, 0.25) is 0 Å². The van der Waals surface area contributed by atoms with Gasteiger partial charge in [-0.15, -0.1) is 0 Å². The highest BCUT2D eigenvalue weighted by atomic mass is 32.2. The first-order valence-corrected chi connectivity index (χ1v) is 8.67. The molecule has 0 spiro atoms. The van der Waals surface area contributed by atoms with Gasteiger partial charge in [0.05, 0.1) is 0 Å². The first kappa shape index (κ1) is 16.3. The van der Waals surface area contributed by atoms with Gasteiger partial charge in [0.25, 0.3) is 0 Å². The van der Waals surface area contributed by atoms with Crippen LogP contribution in [0.1, 0.15) is 48.0 Å². The smallest absolute Gasteiger partial charge is 0.0278 e. The molecule has 0 aliphatic carbocycles. The predicted octanol–water partition coefficient (Wildman–Crippen LogP) is 3.23. The van der Waals surface area contributed by atoms with E-state index in [2.05, 4.69) is 63.5 Å². The number of nitrogens with zero attached hydrogens (tertiary/aromatic N) is 1. The number of rotatable bonds is 6. The summed E-state index contributed by atoms with van der Waals surface area (Å²) in [5.41, 5.74) is 0.302. The molecule has 108 valence electrons. The molecule has 1 aliphatic heterocycles. The van der Waals surface area contributed by atoms with E-state index < -0.39 is 0 Å². The Hall–Kier alpha value is 0.270. The highest BCUT2D eigenvalue weighted by molar-refractivity contribution is 7.99. The van der Waals surface area contributed by atoms with Crippen LogP contribution < -0.4 is 5.32 Å². The Morgan fingerprint density at radius 1 is 1.33 bits per heavy atom. The van der Waals surface area contributed by atoms with Crippen LogP contribution in [0.5, 0.6) is 0 Å². The fraction of sp³-hybridized carbons (Fsp3) is 1.00. The zero-order chi connectivity index (χ0) is 13.8. The monoisotopic (exact) mass is 272 g/mol. The lowest BCUT2D eigenvalue weighted by atomic mass is 9.89. The number of hydrogen-bond donors (Lipinski definition) is 1. The average Bonchev–Trinajstić information content (AvgIpc) is 2.35. The summed E-state index contributed by atoms with van der Waals surface area (Å²) in [6.07, 6.45) is 1.21. The molecule has 0 aromatic carbocycles. The van der Waals surface area contributed by atoms with Gasteiger partial charge in [0, 0.05) is 36.5 Å². The van der Waals surface area contributed by atoms with Gasteiger partial charge in [-0.2, -0.15) is 11.8 Å². The lowest BCUT2D eigenvalue weighted by Gasteiger charge is -2.50. The maximum Gasteiger partial charge on any atom is 0.0278 e. The van der Waals surface area contributed by atoms with E-state index in [9.17, 15) is 0 Å². The Balaban J connectivity index is 2.71. The Morgan fingerprint density at radius 3 is 2.50 bits per heavy atom. The van der Waals surface area contributed by atoms with Crippen LogP contribution in [0.3, 0.4) is 0 Å². The van der Waals surface area contributed by atoms with Gasteiger partial charge >= 0.3 is 0 Å². The van der Waals surface area contributed by atoms with Gasteiger partial charge in [-0.1, -0.05) is 27.7 Å². The number of piperazine rings is 1. The fourth-order valence-electron chi connectivity index (χ4n) is 2.77. The van der Waals surface area contributed by atoms with Crippen LogP contribution >= 0.6 is 11.8 Å². The van der Waals surface area contributed by atoms with Crippen LogP contribution in [0.2, 0.25) is 0 Å². The molecule has 3 atom stereocenters. The topological polar surface area (TPSA) is 15.3 Å². The van der Waals surface area contributed by atoms with Crippen molar-refractivity contribution >= 4 is 11.8 Å². The highest BCUT2D eigenvalue weighted by Crippen LogP contribution is 2.25. The Morgan fingerprint density at radius 2 is 2.00 bits per heavy atom. The molecule has 0 saturated carbocycles. The van der Waals surface area contributed by atoms with Crippen molar-refractivity contribution in [3.63, 3.8) is 0 Å². The van der Waals surface area contributed by atoms with E-state index >= 15 is 0 Å². The third kappa shape index (κ3) is 4.14. The number of thioether (sulfide) groups is 1. The van der Waals surface area contributed by atoms with E-state index in [4.69, 9.17) is 0 Å². The summed E-state index contributed by atoms with van der Waals surface area (Å²) >= 11 is 2.07. The average molecular weight is 273 g/mol. The van der Waals surface area contributed by atoms with Gasteiger partial charge in [-0.3, -0.25) is 4.90 Å². The minimum absolute atomic E-state index is 0.302. The van der Waals surface area contributed by atoms with Gasteiger partial charge in [-0.25, -0.2) is 0 Å². The molecule has 1 aliphatic rings. The summed E-state index contributed by atoms with van der Waals surface area (Å²) in [4.78, 5) is 2.76. The van der Waals surface area contributed by atoms with Crippen molar-refractivity contribution in [2.45, 2.75) is 65.6 Å². The molecular weight excluding hydrogens is 240 g/mol. The van der Waals surface area contributed by atoms with E-state index in [0.29, 0.717) is 17.6 Å². The van der Waals surface area contributed by atoms with Gasteiger partial charge in [0.15, 0.2) is 0 Å². The Bertz CT molecular complexity index is 245. The largest absolute Gasteiger partial charge is 0.309 e. The zero-order valence-electron chi connectivity index (χ0n) is 13.1. The summed E-state index contributed by atoms with van der Waals surface area (Å²) in [7, 11) is 0. The van der Waals surface area contributed by atoms with Crippen LogP contribution in [-0.2, 0) is 0 Å². The van der Waals surface area contributed by atoms with E-state index in [1.165, 1.54) is 24.5 Å². The molecule has 1 heterocycles. The third-order valence-electron chi connectivity index (χ3n) is 4.37. The van der Waals surface area contributed by atoms with Crippen molar-refractivity contribution in [1.29, 1.82) is 0 Å². The van der Waals surface area contributed by atoms with Crippen molar-refractivity contribution in [3.8, 4) is 0 Å². The molecule has 1 saturated heterocycles. The first-order valence-electron chi connectivity index (χ1n) is 7.52. The summed E-state index contributed by atoms with van der Waals surface area (Å²) in [5.74, 6) is 3.22. The summed E-state index contributed by atoms with van der Waals surface area (Å²) in [5, 5.41) is 3.77. The molecule has 2 nitrogen and oxygen atoms in total. The number of nitrogens with one attached hydrogen (secondary N) is 1. The fourth-order valence-corrected chi connectivity index (χ4v) is 3.53. The van der Waals surface area contributed by atoms with Crippen LogP contribution in [0, 0.1) is 5.92 Å². The quantitative estimate of drug-likeness (QED) is 0.799. The van der Waals surface area contributed by atoms with Crippen LogP contribution in [0.25, 0.3) is 0 Å². The summed E-state index contributed by atoms with van der Waals surface area (Å²) in [6, 6.07) is 1.38. The lowest BCUT2D eigenvalue weighted by Crippen LogP contribution is -2.66.